The van der Waals surface area contributed by atoms with Crippen molar-refractivity contribution in [3.8, 4) is 0 Å². The van der Waals surface area contributed by atoms with Crippen molar-refractivity contribution in [3.63, 3.8) is 0 Å². The van der Waals surface area contributed by atoms with E-state index in [0.717, 1.165) is 12.0 Å². The van der Waals surface area contributed by atoms with Crippen LogP contribution in [0.5, 0.6) is 0 Å². The van der Waals surface area contributed by atoms with Crippen LogP contribution in [0.25, 0.3) is 0 Å². The van der Waals surface area contributed by atoms with Crippen LogP contribution in [0.3, 0.4) is 0 Å². The number of nitrogen functional groups attached to an aromatic ring is 1. The third-order valence-corrected chi connectivity index (χ3v) is 3.50. The van der Waals surface area contributed by atoms with E-state index in [-0.39, 0.29) is 6.54 Å². The number of anilines is 1. The fourth-order valence-electron chi connectivity index (χ4n) is 2.24. The van der Waals surface area contributed by atoms with Crippen molar-refractivity contribution in [2.24, 2.45) is 11.1 Å². The van der Waals surface area contributed by atoms with Crippen molar-refractivity contribution in [3.05, 3.63) is 29.8 Å². The van der Waals surface area contributed by atoms with Crippen molar-refractivity contribution in [1.82, 2.24) is 0 Å². The topological polar surface area (TPSA) is 89.3 Å². The maximum absolute atomic E-state index is 11.4. The van der Waals surface area contributed by atoms with Crippen molar-refractivity contribution in [2.45, 2.75) is 32.6 Å². The Kier molecular flexibility index (Phi) is 5.16. The van der Waals surface area contributed by atoms with E-state index in [1.807, 2.05) is 31.2 Å². The van der Waals surface area contributed by atoms with E-state index in [1.165, 1.54) is 0 Å². The number of nitrogens with two attached hydrogens (primary N) is 2. The van der Waals surface area contributed by atoms with E-state index in [1.54, 1.807) is 0 Å². The number of carboxylic acids is 1. The molecule has 0 saturated heterocycles. The maximum Gasteiger partial charge on any atom is 0.310 e. The largest absolute Gasteiger partial charge is 0.481 e. The highest BCUT2D eigenvalue weighted by molar-refractivity contribution is 5.75. The summed E-state index contributed by atoms with van der Waals surface area (Å²) in [5, 5.41) is 9.39. The van der Waals surface area contributed by atoms with Crippen LogP contribution in [-0.2, 0) is 11.2 Å². The molecule has 1 atom stereocenters. The molecule has 0 heterocycles. The van der Waals surface area contributed by atoms with Crippen LogP contribution in [0.1, 0.15) is 31.7 Å². The average Bonchev–Trinajstić information content (AvgIpc) is 2.36. The molecule has 0 radical (unpaired) electrons. The molecule has 0 aliphatic rings. The van der Waals surface area contributed by atoms with Gasteiger partial charge in [0.05, 0.1) is 5.41 Å². The van der Waals surface area contributed by atoms with Gasteiger partial charge < -0.3 is 16.6 Å². The molecule has 5 N–H and O–H groups in total. The summed E-state index contributed by atoms with van der Waals surface area (Å²) in [6.07, 6.45) is 2.59. The van der Waals surface area contributed by atoms with E-state index in [9.17, 15) is 9.90 Å². The Balaban J connectivity index is 2.79. The minimum absolute atomic E-state index is 0.170. The summed E-state index contributed by atoms with van der Waals surface area (Å²) >= 11 is 0. The number of carbonyl (C=O) groups is 1. The van der Waals surface area contributed by atoms with Crippen LogP contribution in [0, 0.1) is 5.41 Å². The molecule has 0 fully saturated rings. The standard InChI is InChI=1S/C14H22N2O2/c1-2-8-14(10-15,13(17)18)9-7-11-5-3-4-6-12(11)16/h3-6H,2,7-10,15-16H2,1H3,(H,17,18). The first-order valence-electron chi connectivity index (χ1n) is 6.32. The molecule has 4 heteroatoms. The molecular weight excluding hydrogens is 228 g/mol. The van der Waals surface area contributed by atoms with Crippen LogP contribution in [-0.4, -0.2) is 17.6 Å². The lowest BCUT2D eigenvalue weighted by Crippen LogP contribution is -2.39. The predicted molar refractivity (Wildman–Crippen MR) is 73.2 cm³/mol. The lowest BCUT2D eigenvalue weighted by Gasteiger charge is -2.27. The smallest absolute Gasteiger partial charge is 0.310 e. The molecule has 0 saturated carbocycles. The van der Waals surface area contributed by atoms with E-state index in [4.69, 9.17) is 11.5 Å². The van der Waals surface area contributed by atoms with Crippen LogP contribution < -0.4 is 11.5 Å². The number of rotatable bonds is 7. The van der Waals surface area contributed by atoms with Gasteiger partial charge in [-0.25, -0.2) is 0 Å². The summed E-state index contributed by atoms with van der Waals surface area (Å²) in [5.74, 6) is -0.804. The SMILES string of the molecule is CCCC(CN)(CCc1ccccc1N)C(=O)O. The van der Waals surface area contributed by atoms with Gasteiger partial charge in [0, 0.05) is 12.2 Å². The van der Waals surface area contributed by atoms with Crippen LogP contribution in [0.2, 0.25) is 0 Å². The second-order valence-corrected chi connectivity index (χ2v) is 4.74. The summed E-state index contributed by atoms with van der Waals surface area (Å²) in [6.45, 7) is 2.15. The van der Waals surface area contributed by atoms with Gasteiger partial charge in [-0.15, -0.1) is 0 Å². The van der Waals surface area contributed by atoms with Gasteiger partial charge in [0.2, 0.25) is 0 Å². The van der Waals surface area contributed by atoms with Gasteiger partial charge in [0.25, 0.3) is 0 Å². The van der Waals surface area contributed by atoms with Gasteiger partial charge in [-0.05, 0) is 30.9 Å². The first kappa shape index (κ1) is 14.5. The number of para-hydroxylation sites is 1. The van der Waals surface area contributed by atoms with Gasteiger partial charge in [-0.3, -0.25) is 4.79 Å². The summed E-state index contributed by atoms with van der Waals surface area (Å²) < 4.78 is 0. The highest BCUT2D eigenvalue weighted by Gasteiger charge is 2.35. The lowest BCUT2D eigenvalue weighted by atomic mass is 9.78. The zero-order valence-corrected chi connectivity index (χ0v) is 10.9. The van der Waals surface area contributed by atoms with Crippen LogP contribution in [0.15, 0.2) is 24.3 Å². The van der Waals surface area contributed by atoms with Crippen molar-refractivity contribution >= 4 is 11.7 Å². The third kappa shape index (κ3) is 3.23. The Hall–Kier alpha value is -1.55. The van der Waals surface area contributed by atoms with E-state index in [0.29, 0.717) is 24.9 Å². The van der Waals surface area contributed by atoms with Gasteiger partial charge in [0.1, 0.15) is 0 Å². The second-order valence-electron chi connectivity index (χ2n) is 4.74. The molecule has 1 unspecified atom stereocenters. The van der Waals surface area contributed by atoms with Crippen molar-refractivity contribution in [2.75, 3.05) is 12.3 Å². The number of benzene rings is 1. The molecule has 0 aliphatic carbocycles. The molecule has 0 aromatic heterocycles. The molecule has 0 bridgehead atoms. The summed E-state index contributed by atoms with van der Waals surface area (Å²) in [5.41, 5.74) is 12.4. The Bertz CT molecular complexity index is 407. The normalized spacial score (nSPS) is 14.1. The number of aryl methyl sites for hydroxylation is 1. The number of aliphatic carboxylic acids is 1. The van der Waals surface area contributed by atoms with Crippen molar-refractivity contribution < 1.29 is 9.90 Å². The molecule has 1 aromatic rings. The molecule has 0 aliphatic heterocycles. The fourth-order valence-corrected chi connectivity index (χ4v) is 2.24. The van der Waals surface area contributed by atoms with Crippen LogP contribution >= 0.6 is 0 Å². The monoisotopic (exact) mass is 250 g/mol. The van der Waals surface area contributed by atoms with Gasteiger partial charge >= 0.3 is 5.97 Å². The molecule has 100 valence electrons. The molecule has 18 heavy (non-hydrogen) atoms. The number of hydrogen-bond donors (Lipinski definition) is 3. The molecule has 1 aromatic carbocycles. The van der Waals surface area contributed by atoms with Gasteiger partial charge in [0.15, 0.2) is 0 Å². The molecule has 1 rings (SSSR count). The zero-order chi connectivity index (χ0) is 13.6. The van der Waals surface area contributed by atoms with Gasteiger partial charge in [-0.1, -0.05) is 31.5 Å². The van der Waals surface area contributed by atoms with E-state index < -0.39 is 11.4 Å². The van der Waals surface area contributed by atoms with E-state index in [2.05, 4.69) is 0 Å². The minimum Gasteiger partial charge on any atom is -0.481 e. The Morgan fingerprint density at radius 3 is 2.50 bits per heavy atom. The molecule has 0 spiro atoms. The summed E-state index contributed by atoms with van der Waals surface area (Å²) in [4.78, 5) is 11.4. The highest BCUT2D eigenvalue weighted by Crippen LogP contribution is 2.30. The fraction of sp³-hybridized carbons (Fsp3) is 0.500. The Labute approximate surface area is 108 Å². The molecule has 0 amide bonds. The number of carboxylic acid groups (broad SMARTS) is 1. The average molecular weight is 250 g/mol. The quantitative estimate of drug-likeness (QED) is 0.646. The minimum atomic E-state index is -0.822. The maximum atomic E-state index is 11.4. The number of hydrogen-bond acceptors (Lipinski definition) is 3. The lowest BCUT2D eigenvalue weighted by molar-refractivity contribution is -0.149. The zero-order valence-electron chi connectivity index (χ0n) is 10.9. The predicted octanol–water partition coefficient (Wildman–Crippen LogP) is 2.03. The first-order chi connectivity index (χ1) is 8.55. The Morgan fingerprint density at radius 2 is 2.00 bits per heavy atom. The van der Waals surface area contributed by atoms with E-state index >= 15 is 0 Å². The molecular formula is C14H22N2O2. The third-order valence-electron chi connectivity index (χ3n) is 3.50. The van der Waals surface area contributed by atoms with Crippen LogP contribution in [0.4, 0.5) is 5.69 Å². The Morgan fingerprint density at radius 1 is 1.33 bits per heavy atom. The first-order valence-corrected chi connectivity index (χ1v) is 6.32. The second kappa shape index (κ2) is 6.40. The summed E-state index contributed by atoms with van der Waals surface area (Å²) in [7, 11) is 0. The van der Waals surface area contributed by atoms with Gasteiger partial charge in [-0.2, -0.15) is 0 Å². The van der Waals surface area contributed by atoms with Crippen molar-refractivity contribution in [1.29, 1.82) is 0 Å². The highest BCUT2D eigenvalue weighted by atomic mass is 16.4. The summed E-state index contributed by atoms with van der Waals surface area (Å²) in [6, 6.07) is 7.55. The molecule has 4 nitrogen and oxygen atoms in total.